The third kappa shape index (κ3) is 3.21. The van der Waals surface area contributed by atoms with E-state index in [4.69, 9.17) is 4.74 Å². The zero-order chi connectivity index (χ0) is 14.0. The highest BCUT2D eigenvalue weighted by atomic mass is 79.9. The molecule has 0 bridgehead atoms. The molecule has 0 amide bonds. The highest BCUT2D eigenvalue weighted by molar-refractivity contribution is 9.10. The van der Waals surface area contributed by atoms with Crippen molar-refractivity contribution in [1.29, 1.82) is 0 Å². The van der Waals surface area contributed by atoms with Gasteiger partial charge >= 0.3 is 0 Å². The smallest absolute Gasteiger partial charge is 0.119 e. The topological polar surface area (TPSA) is 9.23 Å². The van der Waals surface area contributed by atoms with Gasteiger partial charge in [0, 0.05) is 4.47 Å². The molecule has 19 heavy (non-hydrogen) atoms. The van der Waals surface area contributed by atoms with Gasteiger partial charge in [0.1, 0.15) is 5.75 Å². The van der Waals surface area contributed by atoms with E-state index in [-0.39, 0.29) is 4.83 Å². The molecule has 2 rings (SSSR count). The number of halogens is 2. The minimum Gasteiger partial charge on any atom is -0.497 e. The van der Waals surface area contributed by atoms with Gasteiger partial charge in [-0.2, -0.15) is 0 Å². The Morgan fingerprint density at radius 2 is 1.79 bits per heavy atom. The lowest BCUT2D eigenvalue weighted by atomic mass is 9.98. The van der Waals surface area contributed by atoms with E-state index >= 15 is 0 Å². The summed E-state index contributed by atoms with van der Waals surface area (Å²) in [5.41, 5.74) is 4.99. The Bertz CT molecular complexity index is 593. The minimum atomic E-state index is 0.175. The minimum absolute atomic E-state index is 0.175. The van der Waals surface area contributed by atoms with Crippen LogP contribution in [0.5, 0.6) is 5.75 Å². The summed E-state index contributed by atoms with van der Waals surface area (Å²) in [7, 11) is 1.69. The molecule has 0 heterocycles. The second-order valence-electron chi connectivity index (χ2n) is 4.60. The molecule has 0 aliphatic heterocycles. The van der Waals surface area contributed by atoms with E-state index in [1.54, 1.807) is 7.11 Å². The van der Waals surface area contributed by atoms with Gasteiger partial charge in [0.05, 0.1) is 11.9 Å². The number of aryl methyl sites for hydroxylation is 2. The molecule has 0 spiro atoms. The monoisotopic (exact) mass is 382 g/mol. The van der Waals surface area contributed by atoms with E-state index < -0.39 is 0 Å². The van der Waals surface area contributed by atoms with Crippen molar-refractivity contribution in [1.82, 2.24) is 0 Å². The first-order valence-electron chi connectivity index (χ1n) is 6.07. The predicted molar refractivity (Wildman–Crippen MR) is 87.4 cm³/mol. The van der Waals surface area contributed by atoms with Crippen LogP contribution in [0.3, 0.4) is 0 Å². The number of ether oxygens (including phenoxy) is 1. The lowest BCUT2D eigenvalue weighted by molar-refractivity contribution is 0.414. The molecule has 0 aliphatic carbocycles. The molecule has 2 aromatic carbocycles. The highest BCUT2D eigenvalue weighted by Gasteiger charge is 2.14. The first-order chi connectivity index (χ1) is 9.02. The van der Waals surface area contributed by atoms with Crippen LogP contribution in [0, 0.1) is 13.8 Å². The van der Waals surface area contributed by atoms with E-state index in [2.05, 4.69) is 70.0 Å². The molecule has 0 radical (unpaired) electrons. The van der Waals surface area contributed by atoms with Crippen molar-refractivity contribution in [2.24, 2.45) is 0 Å². The molecular formula is C16H16Br2O. The van der Waals surface area contributed by atoms with Crippen molar-refractivity contribution in [2.45, 2.75) is 18.7 Å². The van der Waals surface area contributed by atoms with E-state index in [9.17, 15) is 0 Å². The largest absolute Gasteiger partial charge is 0.497 e. The first kappa shape index (κ1) is 14.6. The Morgan fingerprint density at radius 1 is 1.05 bits per heavy atom. The normalized spacial score (nSPS) is 12.3. The van der Waals surface area contributed by atoms with Crippen LogP contribution >= 0.6 is 31.9 Å². The number of rotatable bonds is 3. The summed E-state index contributed by atoms with van der Waals surface area (Å²) in [6.07, 6.45) is 0. The number of alkyl halides is 1. The average Bonchev–Trinajstić information content (AvgIpc) is 2.42. The van der Waals surface area contributed by atoms with Crippen LogP contribution in [-0.2, 0) is 0 Å². The van der Waals surface area contributed by atoms with Crippen LogP contribution in [0.1, 0.15) is 27.1 Å². The molecule has 0 saturated carbocycles. The highest BCUT2D eigenvalue weighted by Crippen LogP contribution is 2.36. The molecule has 0 aliphatic rings. The van der Waals surface area contributed by atoms with Gasteiger partial charge in [0.2, 0.25) is 0 Å². The molecule has 3 heteroatoms. The van der Waals surface area contributed by atoms with Gasteiger partial charge in [-0.25, -0.2) is 0 Å². The number of benzene rings is 2. The summed E-state index contributed by atoms with van der Waals surface area (Å²) in [6.45, 7) is 4.24. The van der Waals surface area contributed by atoms with Crippen LogP contribution in [-0.4, -0.2) is 7.11 Å². The maximum absolute atomic E-state index is 5.29. The Hall–Kier alpha value is -0.800. The van der Waals surface area contributed by atoms with E-state index in [1.807, 2.05) is 12.1 Å². The van der Waals surface area contributed by atoms with Crippen molar-refractivity contribution in [3.8, 4) is 5.75 Å². The lowest BCUT2D eigenvalue weighted by Crippen LogP contribution is -1.98. The first-order valence-corrected chi connectivity index (χ1v) is 7.78. The van der Waals surface area contributed by atoms with Crippen molar-refractivity contribution in [3.63, 3.8) is 0 Å². The zero-order valence-corrected chi connectivity index (χ0v) is 14.4. The summed E-state index contributed by atoms with van der Waals surface area (Å²) in [5, 5.41) is 0. The SMILES string of the molecule is COc1cccc(C(Br)c2cc(C)c(Br)cc2C)c1. The fourth-order valence-electron chi connectivity index (χ4n) is 2.06. The quantitative estimate of drug-likeness (QED) is 0.630. The van der Waals surface area contributed by atoms with Crippen LogP contribution in [0.4, 0.5) is 0 Å². The van der Waals surface area contributed by atoms with Crippen LogP contribution in [0.2, 0.25) is 0 Å². The zero-order valence-electron chi connectivity index (χ0n) is 11.2. The van der Waals surface area contributed by atoms with Crippen LogP contribution in [0.15, 0.2) is 40.9 Å². The van der Waals surface area contributed by atoms with Crippen LogP contribution in [0.25, 0.3) is 0 Å². The second-order valence-corrected chi connectivity index (χ2v) is 6.37. The van der Waals surface area contributed by atoms with Gasteiger partial charge in [0.25, 0.3) is 0 Å². The molecule has 0 saturated heterocycles. The summed E-state index contributed by atoms with van der Waals surface area (Å²) in [5.74, 6) is 0.883. The molecule has 2 aromatic rings. The van der Waals surface area contributed by atoms with E-state index in [0.29, 0.717) is 0 Å². The summed E-state index contributed by atoms with van der Waals surface area (Å²) in [4.78, 5) is 0.175. The van der Waals surface area contributed by atoms with Gasteiger partial charge in [0.15, 0.2) is 0 Å². The predicted octanol–water partition coefficient (Wildman–Crippen LogP) is 5.56. The third-order valence-electron chi connectivity index (χ3n) is 3.21. The maximum atomic E-state index is 5.29. The number of hydrogen-bond acceptors (Lipinski definition) is 1. The molecule has 0 N–H and O–H groups in total. The van der Waals surface area contributed by atoms with Gasteiger partial charge < -0.3 is 4.74 Å². The van der Waals surface area contributed by atoms with Gasteiger partial charge in [-0.1, -0.05) is 50.1 Å². The Kier molecular flexibility index (Phi) is 4.69. The molecule has 1 nitrogen and oxygen atoms in total. The fraction of sp³-hybridized carbons (Fsp3) is 0.250. The van der Waals surface area contributed by atoms with Crippen molar-refractivity contribution < 1.29 is 4.74 Å². The lowest BCUT2D eigenvalue weighted by Gasteiger charge is -2.16. The van der Waals surface area contributed by atoms with Gasteiger partial charge in [-0.05, 0) is 54.3 Å². The van der Waals surface area contributed by atoms with Crippen molar-refractivity contribution in [3.05, 3.63) is 63.1 Å². The second kappa shape index (κ2) is 6.10. The summed E-state index contributed by atoms with van der Waals surface area (Å²) < 4.78 is 6.44. The van der Waals surface area contributed by atoms with Crippen molar-refractivity contribution in [2.75, 3.05) is 7.11 Å². The summed E-state index contributed by atoms with van der Waals surface area (Å²) in [6, 6.07) is 12.5. The molecule has 0 aromatic heterocycles. The van der Waals surface area contributed by atoms with E-state index in [1.165, 1.54) is 22.3 Å². The standard InChI is InChI=1S/C16H16Br2O/c1-10-8-15(17)11(2)7-14(10)16(18)12-5-4-6-13(9-12)19-3/h4-9,16H,1-3H3. The molecule has 1 atom stereocenters. The Balaban J connectivity index is 2.43. The molecule has 0 fully saturated rings. The Morgan fingerprint density at radius 3 is 2.47 bits per heavy atom. The van der Waals surface area contributed by atoms with E-state index in [0.717, 1.165) is 10.2 Å². The molecule has 100 valence electrons. The van der Waals surface area contributed by atoms with Crippen LogP contribution < -0.4 is 4.74 Å². The molecular weight excluding hydrogens is 368 g/mol. The summed E-state index contributed by atoms with van der Waals surface area (Å²) >= 11 is 7.37. The average molecular weight is 384 g/mol. The number of hydrogen-bond donors (Lipinski definition) is 0. The molecule has 1 unspecified atom stereocenters. The maximum Gasteiger partial charge on any atom is 0.119 e. The fourth-order valence-corrected chi connectivity index (χ4v) is 3.29. The van der Waals surface area contributed by atoms with Gasteiger partial charge in [-0.3, -0.25) is 0 Å². The van der Waals surface area contributed by atoms with Gasteiger partial charge in [-0.15, -0.1) is 0 Å². The third-order valence-corrected chi connectivity index (χ3v) is 5.08. The van der Waals surface area contributed by atoms with Crippen molar-refractivity contribution >= 4 is 31.9 Å². The number of methoxy groups -OCH3 is 1. The Labute approximate surface area is 131 Å².